The molecule has 0 saturated heterocycles. The van der Waals surface area contributed by atoms with Crippen molar-refractivity contribution in [2.75, 3.05) is 26.6 Å². The summed E-state index contributed by atoms with van der Waals surface area (Å²) in [6.45, 7) is 4.39. The molecule has 2 heterocycles. The Kier molecular flexibility index (Phi) is 8.75. The average Bonchev–Trinajstić information content (AvgIpc) is 3.31. The Morgan fingerprint density at radius 3 is 2.44 bits per heavy atom. The van der Waals surface area contributed by atoms with Crippen LogP contribution in [0.1, 0.15) is 36.6 Å². The number of rotatable bonds is 9. The minimum atomic E-state index is -0.714. The van der Waals surface area contributed by atoms with Crippen molar-refractivity contribution in [3.8, 4) is 11.5 Å². The normalized spacial score (nSPS) is 14.8. The van der Waals surface area contributed by atoms with Gasteiger partial charge in [0, 0.05) is 10.5 Å². The van der Waals surface area contributed by atoms with Gasteiger partial charge in [-0.2, -0.15) is 0 Å². The predicted octanol–water partition coefficient (Wildman–Crippen LogP) is 5.06. The third-order valence-corrected chi connectivity index (χ3v) is 8.32. The van der Waals surface area contributed by atoms with Crippen molar-refractivity contribution in [3.63, 3.8) is 0 Å². The second kappa shape index (κ2) is 12.6. The van der Waals surface area contributed by atoms with Gasteiger partial charge in [-0.05, 0) is 61.6 Å². The lowest BCUT2D eigenvalue weighted by molar-refractivity contribution is -0.138. The molecule has 1 aliphatic heterocycles. The first-order valence-electron chi connectivity index (χ1n) is 13.2. The Bertz CT molecular complexity index is 1770. The average molecular weight is 587 g/mol. The number of thiazole rings is 1. The van der Waals surface area contributed by atoms with Gasteiger partial charge in [-0.25, -0.2) is 9.79 Å². The van der Waals surface area contributed by atoms with Crippen LogP contribution in [-0.4, -0.2) is 37.1 Å². The van der Waals surface area contributed by atoms with Gasteiger partial charge in [-0.3, -0.25) is 9.36 Å². The first-order chi connectivity index (χ1) is 20.0. The first-order valence-corrected chi connectivity index (χ1v) is 15.3. The van der Waals surface area contributed by atoms with E-state index in [1.807, 2.05) is 92.1 Å². The summed E-state index contributed by atoms with van der Waals surface area (Å²) in [4.78, 5) is 34.1. The highest BCUT2D eigenvalue weighted by molar-refractivity contribution is 7.98. The number of carbonyl (C=O) groups is 1. The molecule has 0 radical (unpaired) electrons. The van der Waals surface area contributed by atoms with E-state index in [0.717, 1.165) is 21.6 Å². The number of fused-ring (bicyclic) bond motifs is 1. The first kappa shape index (κ1) is 28.4. The molecular formula is C32H30N2O5S2. The summed E-state index contributed by atoms with van der Waals surface area (Å²) in [5.41, 5.74) is 2.94. The number of hydrogen-bond acceptors (Lipinski definition) is 8. The fraction of sp³-hybridized carbons (Fsp3) is 0.219. The van der Waals surface area contributed by atoms with Crippen LogP contribution in [0.3, 0.4) is 0 Å². The van der Waals surface area contributed by atoms with Crippen molar-refractivity contribution < 1.29 is 19.0 Å². The quantitative estimate of drug-likeness (QED) is 0.201. The van der Waals surface area contributed by atoms with E-state index >= 15 is 0 Å². The molecule has 7 nitrogen and oxygen atoms in total. The molecule has 3 aromatic carbocycles. The zero-order chi connectivity index (χ0) is 28.9. The SMILES string of the molecule is CCOC(=O)C1=C(c2ccccc2)N=c2s/c(=C\c3ccc(OCC)c(OC)c3)c(=O)n2[C@@H]1c1ccc(SC)cc1. The minimum absolute atomic E-state index is 0.201. The summed E-state index contributed by atoms with van der Waals surface area (Å²) in [6, 6.07) is 22.3. The van der Waals surface area contributed by atoms with Gasteiger partial charge >= 0.3 is 5.97 Å². The molecule has 0 N–H and O–H groups in total. The van der Waals surface area contributed by atoms with Crippen LogP contribution in [0.2, 0.25) is 0 Å². The minimum Gasteiger partial charge on any atom is -0.493 e. The molecule has 0 bridgehead atoms. The van der Waals surface area contributed by atoms with Crippen LogP contribution in [0.5, 0.6) is 11.5 Å². The molecule has 0 fully saturated rings. The zero-order valence-electron chi connectivity index (χ0n) is 23.2. The molecule has 41 heavy (non-hydrogen) atoms. The van der Waals surface area contributed by atoms with Crippen LogP contribution in [0.25, 0.3) is 11.8 Å². The highest BCUT2D eigenvalue weighted by atomic mass is 32.2. The molecule has 1 aromatic heterocycles. The van der Waals surface area contributed by atoms with E-state index in [1.54, 1.807) is 30.4 Å². The van der Waals surface area contributed by atoms with Gasteiger partial charge in [0.1, 0.15) is 0 Å². The van der Waals surface area contributed by atoms with Crippen LogP contribution in [-0.2, 0) is 9.53 Å². The van der Waals surface area contributed by atoms with Gasteiger partial charge in [0.2, 0.25) is 0 Å². The Morgan fingerprint density at radius 1 is 1.02 bits per heavy atom. The molecule has 0 unspecified atom stereocenters. The van der Waals surface area contributed by atoms with Crippen molar-refractivity contribution in [1.29, 1.82) is 0 Å². The van der Waals surface area contributed by atoms with E-state index in [4.69, 9.17) is 19.2 Å². The molecule has 0 saturated carbocycles. The number of ether oxygens (including phenoxy) is 3. The summed E-state index contributed by atoms with van der Waals surface area (Å²) >= 11 is 2.91. The maximum absolute atomic E-state index is 14.1. The van der Waals surface area contributed by atoms with Crippen LogP contribution < -0.4 is 24.4 Å². The standard InChI is InChI=1S/C32H30N2O5S2/c1-5-38-24-17-12-20(18-25(24)37-3)19-26-30(35)34-29(22-13-15-23(40-4)16-14-22)27(31(36)39-6-2)28(33-32(34)41-26)21-10-8-7-9-11-21/h7-19,29H,5-6H2,1-4H3/b26-19-/t29-/m1/s1. The van der Waals surface area contributed by atoms with E-state index in [9.17, 15) is 9.59 Å². The molecule has 0 aliphatic carbocycles. The van der Waals surface area contributed by atoms with E-state index in [2.05, 4.69) is 0 Å². The number of hydrogen-bond donors (Lipinski definition) is 0. The second-order valence-corrected chi connectivity index (χ2v) is 10.9. The highest BCUT2D eigenvalue weighted by Gasteiger charge is 2.35. The van der Waals surface area contributed by atoms with Crippen LogP contribution >= 0.6 is 23.1 Å². The lowest BCUT2D eigenvalue weighted by Gasteiger charge is -2.26. The number of nitrogens with zero attached hydrogens (tertiary/aromatic N) is 2. The van der Waals surface area contributed by atoms with Gasteiger partial charge in [0.25, 0.3) is 5.56 Å². The molecule has 0 amide bonds. The molecule has 5 rings (SSSR count). The molecule has 0 spiro atoms. The van der Waals surface area contributed by atoms with Crippen molar-refractivity contribution in [1.82, 2.24) is 4.57 Å². The van der Waals surface area contributed by atoms with Crippen LogP contribution in [0, 0.1) is 0 Å². The second-order valence-electron chi connectivity index (χ2n) is 9.05. The van der Waals surface area contributed by atoms with Gasteiger partial charge in [0.15, 0.2) is 16.3 Å². The summed E-state index contributed by atoms with van der Waals surface area (Å²) in [5, 5.41) is 0. The Morgan fingerprint density at radius 2 is 1.78 bits per heavy atom. The van der Waals surface area contributed by atoms with Crippen molar-refractivity contribution in [3.05, 3.63) is 115 Å². The van der Waals surface area contributed by atoms with Crippen molar-refractivity contribution >= 4 is 40.8 Å². The molecule has 4 aromatic rings. The molecule has 1 atom stereocenters. The van der Waals surface area contributed by atoms with E-state index in [0.29, 0.717) is 38.7 Å². The maximum atomic E-state index is 14.1. The van der Waals surface area contributed by atoms with E-state index < -0.39 is 12.0 Å². The maximum Gasteiger partial charge on any atom is 0.338 e. The van der Waals surface area contributed by atoms with Gasteiger partial charge in [-0.15, -0.1) is 11.8 Å². The third-order valence-electron chi connectivity index (χ3n) is 6.59. The summed E-state index contributed by atoms with van der Waals surface area (Å²) in [7, 11) is 1.58. The Labute approximate surface area is 246 Å². The molecule has 9 heteroatoms. The van der Waals surface area contributed by atoms with Crippen LogP contribution in [0.4, 0.5) is 0 Å². The lowest BCUT2D eigenvalue weighted by Crippen LogP contribution is -2.40. The number of carbonyl (C=O) groups excluding carboxylic acids is 1. The van der Waals surface area contributed by atoms with Crippen molar-refractivity contribution in [2.45, 2.75) is 24.8 Å². The Hall–Kier alpha value is -4.08. The van der Waals surface area contributed by atoms with Gasteiger partial charge < -0.3 is 14.2 Å². The largest absolute Gasteiger partial charge is 0.493 e. The van der Waals surface area contributed by atoms with E-state index in [-0.39, 0.29) is 12.2 Å². The summed E-state index contributed by atoms with van der Waals surface area (Å²) in [6.07, 6.45) is 3.82. The molecule has 210 valence electrons. The number of esters is 1. The van der Waals surface area contributed by atoms with E-state index in [1.165, 1.54) is 11.3 Å². The third kappa shape index (κ3) is 5.73. The number of aromatic nitrogens is 1. The van der Waals surface area contributed by atoms with Gasteiger partial charge in [-0.1, -0.05) is 59.9 Å². The van der Waals surface area contributed by atoms with Crippen molar-refractivity contribution in [2.24, 2.45) is 4.99 Å². The molecular weight excluding hydrogens is 556 g/mol. The van der Waals surface area contributed by atoms with Gasteiger partial charge in [0.05, 0.1) is 42.2 Å². The summed E-state index contributed by atoms with van der Waals surface area (Å²) < 4.78 is 18.8. The fourth-order valence-electron chi connectivity index (χ4n) is 4.74. The summed E-state index contributed by atoms with van der Waals surface area (Å²) in [5.74, 6) is 0.713. The predicted molar refractivity (Wildman–Crippen MR) is 163 cm³/mol. The fourth-order valence-corrected chi connectivity index (χ4v) is 6.15. The molecule has 1 aliphatic rings. The lowest BCUT2D eigenvalue weighted by atomic mass is 9.93. The highest BCUT2D eigenvalue weighted by Crippen LogP contribution is 2.36. The number of methoxy groups -OCH3 is 1. The van der Waals surface area contributed by atoms with Crippen LogP contribution in [0.15, 0.2) is 93.1 Å². The smallest absolute Gasteiger partial charge is 0.338 e. The number of benzene rings is 3. The topological polar surface area (TPSA) is 79.1 Å². The zero-order valence-corrected chi connectivity index (χ0v) is 24.9. The Balaban J connectivity index is 1.77. The monoisotopic (exact) mass is 586 g/mol. The number of thioether (sulfide) groups is 1.